The van der Waals surface area contributed by atoms with Gasteiger partial charge in [0.05, 0.1) is 39.6 Å². The molecule has 0 saturated heterocycles. The molecular formula is C36H30IN3O5S. The summed E-state index contributed by atoms with van der Waals surface area (Å²) in [6.07, 6.45) is 1.82. The number of amides is 1. The number of nitrogens with one attached hydrogen (secondary N) is 1. The molecule has 5 aromatic rings. The highest BCUT2D eigenvalue weighted by Crippen LogP contribution is 2.35. The molecule has 0 fully saturated rings. The van der Waals surface area contributed by atoms with Gasteiger partial charge in [0.2, 0.25) is 0 Å². The van der Waals surface area contributed by atoms with E-state index >= 15 is 0 Å². The standard InChI is InChI=1S/C36H30IN3O5S/c1-22-31(34(41)39-26-14-8-5-9-15-26)32(25-13-10-16-27(20-25)43-2)40-35(42)30(46-36(40)38-22)19-24-17-28(37)33(29(18-24)44-3)45-21-23-11-6-4-7-12-23/h4-20,32H,21H2,1-3H3,(H,39,41)/b30-19-. The van der Waals surface area contributed by atoms with Gasteiger partial charge in [-0.3, -0.25) is 14.2 Å². The molecule has 232 valence electrons. The normalized spacial score (nSPS) is 14.3. The number of rotatable bonds is 9. The third kappa shape index (κ3) is 6.49. The van der Waals surface area contributed by atoms with E-state index < -0.39 is 6.04 Å². The largest absolute Gasteiger partial charge is 0.497 e. The van der Waals surface area contributed by atoms with Crippen LogP contribution >= 0.6 is 33.9 Å². The van der Waals surface area contributed by atoms with E-state index in [9.17, 15) is 9.59 Å². The van der Waals surface area contributed by atoms with Gasteiger partial charge in [-0.05, 0) is 88.7 Å². The lowest BCUT2D eigenvalue weighted by Crippen LogP contribution is -2.40. The summed E-state index contributed by atoms with van der Waals surface area (Å²) in [7, 11) is 3.18. The van der Waals surface area contributed by atoms with Gasteiger partial charge in [0.15, 0.2) is 16.3 Å². The molecule has 0 spiro atoms. The molecule has 1 atom stereocenters. The number of thiazole rings is 1. The number of halogens is 1. The average molecular weight is 744 g/mol. The number of benzene rings is 4. The quantitative estimate of drug-likeness (QED) is 0.185. The monoisotopic (exact) mass is 743 g/mol. The highest BCUT2D eigenvalue weighted by Gasteiger charge is 2.33. The van der Waals surface area contributed by atoms with Crippen LogP contribution in [0.3, 0.4) is 0 Å². The fourth-order valence-corrected chi connectivity index (χ4v) is 7.13. The fourth-order valence-electron chi connectivity index (χ4n) is 5.30. The molecular weight excluding hydrogens is 713 g/mol. The molecule has 8 nitrogen and oxygen atoms in total. The first kappa shape index (κ1) is 31.3. The van der Waals surface area contributed by atoms with Gasteiger partial charge in [0.25, 0.3) is 11.5 Å². The number of carbonyl (C=O) groups is 1. The fraction of sp³-hybridized carbons (Fsp3) is 0.139. The molecule has 46 heavy (non-hydrogen) atoms. The molecule has 1 N–H and O–H groups in total. The van der Waals surface area contributed by atoms with Crippen molar-refractivity contribution in [3.05, 3.63) is 148 Å². The first-order valence-corrected chi connectivity index (χ1v) is 16.3. The third-order valence-corrected chi connectivity index (χ3v) is 9.27. The molecule has 1 aliphatic rings. The van der Waals surface area contributed by atoms with Crippen LogP contribution in [0.15, 0.2) is 118 Å². The summed E-state index contributed by atoms with van der Waals surface area (Å²) in [4.78, 5) is 33.3. The van der Waals surface area contributed by atoms with Crippen LogP contribution in [0.2, 0.25) is 0 Å². The van der Waals surface area contributed by atoms with Gasteiger partial charge in [-0.15, -0.1) is 0 Å². The molecule has 1 amide bonds. The number of anilines is 1. The molecule has 4 aromatic carbocycles. The van der Waals surface area contributed by atoms with Crippen molar-refractivity contribution in [3.8, 4) is 17.2 Å². The number of fused-ring (bicyclic) bond motifs is 1. The summed E-state index contributed by atoms with van der Waals surface area (Å²) in [5.41, 5.74) is 3.85. The Hall–Kier alpha value is -4.68. The summed E-state index contributed by atoms with van der Waals surface area (Å²) in [6.45, 7) is 2.19. The highest BCUT2D eigenvalue weighted by atomic mass is 127. The van der Waals surface area contributed by atoms with E-state index in [-0.39, 0.29) is 11.5 Å². The van der Waals surface area contributed by atoms with E-state index in [4.69, 9.17) is 19.2 Å². The molecule has 0 aliphatic carbocycles. The Morgan fingerprint density at radius 3 is 2.43 bits per heavy atom. The van der Waals surface area contributed by atoms with Crippen LogP contribution in [-0.4, -0.2) is 24.7 Å². The van der Waals surface area contributed by atoms with Crippen molar-refractivity contribution in [3.63, 3.8) is 0 Å². The maximum Gasteiger partial charge on any atom is 0.271 e. The lowest BCUT2D eigenvalue weighted by Gasteiger charge is -2.25. The van der Waals surface area contributed by atoms with Crippen LogP contribution in [0.1, 0.15) is 29.7 Å². The van der Waals surface area contributed by atoms with E-state index in [1.54, 1.807) is 25.7 Å². The Morgan fingerprint density at radius 2 is 1.72 bits per heavy atom. The Labute approximate surface area is 283 Å². The third-order valence-electron chi connectivity index (χ3n) is 7.48. The number of para-hydroxylation sites is 1. The Kier molecular flexibility index (Phi) is 9.36. The molecule has 0 saturated carbocycles. The molecule has 0 radical (unpaired) electrons. The van der Waals surface area contributed by atoms with Crippen molar-refractivity contribution in [1.29, 1.82) is 0 Å². The van der Waals surface area contributed by atoms with Gasteiger partial charge < -0.3 is 19.5 Å². The lowest BCUT2D eigenvalue weighted by molar-refractivity contribution is -0.113. The summed E-state index contributed by atoms with van der Waals surface area (Å²) >= 11 is 3.49. The Morgan fingerprint density at radius 1 is 0.978 bits per heavy atom. The van der Waals surface area contributed by atoms with Crippen LogP contribution in [0.25, 0.3) is 6.08 Å². The van der Waals surface area contributed by atoms with E-state index in [1.807, 2.05) is 103 Å². The molecule has 0 bridgehead atoms. The number of nitrogens with zero attached hydrogens (tertiary/aromatic N) is 2. The van der Waals surface area contributed by atoms with Crippen LogP contribution in [0.4, 0.5) is 5.69 Å². The van der Waals surface area contributed by atoms with Gasteiger partial charge in [-0.1, -0.05) is 72.0 Å². The number of hydrogen-bond acceptors (Lipinski definition) is 7. The van der Waals surface area contributed by atoms with E-state index in [0.717, 1.165) is 20.3 Å². The predicted molar refractivity (Wildman–Crippen MR) is 188 cm³/mol. The second-order valence-corrected chi connectivity index (χ2v) is 12.7. The van der Waals surface area contributed by atoms with Crippen LogP contribution in [-0.2, 0) is 11.4 Å². The van der Waals surface area contributed by atoms with Gasteiger partial charge in [-0.25, -0.2) is 4.99 Å². The zero-order valence-corrected chi connectivity index (χ0v) is 28.3. The van der Waals surface area contributed by atoms with Crippen LogP contribution in [0.5, 0.6) is 17.2 Å². The summed E-state index contributed by atoms with van der Waals surface area (Å²) < 4.78 is 20.2. The summed E-state index contributed by atoms with van der Waals surface area (Å²) in [5, 5.41) is 2.98. The second-order valence-electron chi connectivity index (χ2n) is 10.5. The first-order chi connectivity index (χ1) is 22.4. The van der Waals surface area contributed by atoms with Crippen molar-refractivity contribution >= 4 is 51.6 Å². The lowest BCUT2D eigenvalue weighted by atomic mass is 9.95. The molecule has 6 rings (SSSR count). The molecule has 1 aliphatic heterocycles. The average Bonchev–Trinajstić information content (AvgIpc) is 3.37. The predicted octanol–water partition coefficient (Wildman–Crippen LogP) is 6.07. The van der Waals surface area contributed by atoms with Crippen molar-refractivity contribution in [2.24, 2.45) is 4.99 Å². The summed E-state index contributed by atoms with van der Waals surface area (Å²) in [6, 6.07) is 29.6. The molecule has 2 heterocycles. The van der Waals surface area contributed by atoms with E-state index in [1.165, 1.54) is 11.3 Å². The zero-order valence-electron chi connectivity index (χ0n) is 25.3. The Bertz CT molecular complexity index is 2120. The minimum absolute atomic E-state index is 0.257. The van der Waals surface area contributed by atoms with Crippen molar-refractivity contribution in [2.75, 3.05) is 19.5 Å². The number of aromatic nitrogens is 1. The van der Waals surface area contributed by atoms with Gasteiger partial charge in [0, 0.05) is 5.69 Å². The number of carbonyl (C=O) groups excluding carboxylic acids is 1. The second kappa shape index (κ2) is 13.8. The maximum atomic E-state index is 14.2. The molecule has 1 unspecified atom stereocenters. The summed E-state index contributed by atoms with van der Waals surface area (Å²) in [5.74, 6) is 1.48. The minimum Gasteiger partial charge on any atom is -0.497 e. The molecule has 1 aromatic heterocycles. The zero-order chi connectivity index (χ0) is 32.2. The smallest absolute Gasteiger partial charge is 0.271 e. The number of methoxy groups -OCH3 is 2. The topological polar surface area (TPSA) is 91.2 Å². The van der Waals surface area contributed by atoms with Crippen LogP contribution < -0.4 is 34.4 Å². The minimum atomic E-state index is -0.722. The number of ether oxygens (including phenoxy) is 3. The van der Waals surface area contributed by atoms with Gasteiger partial charge in [0.1, 0.15) is 12.4 Å². The maximum absolute atomic E-state index is 14.2. The van der Waals surface area contributed by atoms with Gasteiger partial charge in [-0.2, -0.15) is 0 Å². The van der Waals surface area contributed by atoms with E-state index in [0.29, 0.717) is 50.1 Å². The SMILES string of the molecule is COc1cccc(C2C(C(=O)Nc3ccccc3)=C(C)N=c3s/c(=C\c4cc(I)c(OCc5ccccc5)c(OC)c4)c(=O)n32)c1. The number of hydrogen-bond donors (Lipinski definition) is 1. The highest BCUT2D eigenvalue weighted by molar-refractivity contribution is 14.1. The first-order valence-electron chi connectivity index (χ1n) is 14.4. The molecule has 10 heteroatoms. The van der Waals surface area contributed by atoms with Crippen molar-refractivity contribution in [2.45, 2.75) is 19.6 Å². The number of allylic oxidation sites excluding steroid dienone is 1. The Balaban J connectivity index is 1.42. The van der Waals surface area contributed by atoms with Gasteiger partial charge >= 0.3 is 0 Å². The van der Waals surface area contributed by atoms with Crippen LogP contribution in [0, 0.1) is 3.57 Å². The van der Waals surface area contributed by atoms with Crippen molar-refractivity contribution in [1.82, 2.24) is 4.57 Å². The van der Waals surface area contributed by atoms with Crippen molar-refractivity contribution < 1.29 is 19.0 Å². The van der Waals surface area contributed by atoms with E-state index in [2.05, 4.69) is 27.9 Å².